The Morgan fingerprint density at radius 2 is 1.62 bits per heavy atom. The molecule has 7 heteroatoms. The lowest BCUT2D eigenvalue weighted by Gasteiger charge is -2.38. The van der Waals surface area contributed by atoms with Crippen LogP contribution in [0, 0.1) is 12.7 Å². The first kappa shape index (κ1) is 24.0. The summed E-state index contributed by atoms with van der Waals surface area (Å²) in [6, 6.07) is 18.5. The molecule has 1 saturated heterocycles. The van der Waals surface area contributed by atoms with E-state index in [4.69, 9.17) is 0 Å². The molecule has 3 aromatic rings. The van der Waals surface area contributed by atoms with Crippen LogP contribution in [0.2, 0.25) is 0 Å². The van der Waals surface area contributed by atoms with Crippen molar-refractivity contribution in [3.8, 4) is 0 Å². The summed E-state index contributed by atoms with van der Waals surface area (Å²) >= 11 is 0. The third kappa shape index (κ3) is 5.65. The van der Waals surface area contributed by atoms with Gasteiger partial charge in [0.1, 0.15) is 5.82 Å². The molecule has 0 spiro atoms. The van der Waals surface area contributed by atoms with Crippen molar-refractivity contribution in [1.29, 1.82) is 0 Å². The van der Waals surface area contributed by atoms with E-state index in [1.54, 1.807) is 23.1 Å². The molecule has 1 heterocycles. The van der Waals surface area contributed by atoms with E-state index in [0.717, 1.165) is 23.3 Å². The molecule has 1 amide bonds. The molecule has 34 heavy (non-hydrogen) atoms. The monoisotopic (exact) mass is 470 g/mol. The topological polar surface area (TPSA) is 23.6 Å². The molecule has 0 unspecified atom stereocenters. The number of rotatable bonds is 5. The molecule has 0 aromatic heterocycles. The van der Waals surface area contributed by atoms with E-state index in [1.165, 1.54) is 24.3 Å². The standard InChI is InChI=1S/C27H26F4N2O/c1-19-3-2-4-21(17-19)26(34)33(24-11-9-23(28)10-12-24)25-13-15-32(16-14-25)18-20-5-7-22(8-6-20)27(29,30)31/h2-12,17,25H,13-16,18H2,1H3. The van der Waals surface area contributed by atoms with Gasteiger partial charge in [-0.05, 0) is 73.9 Å². The molecular formula is C27H26F4N2O. The number of aryl methyl sites for hydroxylation is 1. The number of benzene rings is 3. The van der Waals surface area contributed by atoms with Crippen molar-refractivity contribution in [2.24, 2.45) is 0 Å². The van der Waals surface area contributed by atoms with Crippen molar-refractivity contribution in [2.45, 2.75) is 38.5 Å². The molecule has 1 aliphatic heterocycles. The van der Waals surface area contributed by atoms with E-state index in [9.17, 15) is 22.4 Å². The number of hydrogen-bond donors (Lipinski definition) is 0. The molecule has 0 atom stereocenters. The SMILES string of the molecule is Cc1cccc(C(=O)N(c2ccc(F)cc2)C2CCN(Cc3ccc(C(F)(F)F)cc3)CC2)c1. The van der Waals surface area contributed by atoms with Gasteiger partial charge >= 0.3 is 6.18 Å². The Balaban J connectivity index is 1.47. The summed E-state index contributed by atoms with van der Waals surface area (Å²) in [5, 5.41) is 0. The quantitative estimate of drug-likeness (QED) is 0.400. The molecule has 3 aromatic carbocycles. The normalized spacial score (nSPS) is 15.3. The van der Waals surface area contributed by atoms with Gasteiger partial charge in [0.15, 0.2) is 0 Å². The van der Waals surface area contributed by atoms with Crippen molar-refractivity contribution in [3.05, 3.63) is 101 Å². The summed E-state index contributed by atoms with van der Waals surface area (Å²) in [5.74, 6) is -0.491. The number of alkyl halides is 3. The highest BCUT2D eigenvalue weighted by atomic mass is 19.4. The highest BCUT2D eigenvalue weighted by Gasteiger charge is 2.31. The lowest BCUT2D eigenvalue weighted by molar-refractivity contribution is -0.137. The number of amides is 1. The average molecular weight is 471 g/mol. The first-order valence-electron chi connectivity index (χ1n) is 11.2. The van der Waals surface area contributed by atoms with Crippen LogP contribution in [0.5, 0.6) is 0 Å². The van der Waals surface area contributed by atoms with E-state index < -0.39 is 11.7 Å². The number of halogens is 4. The van der Waals surface area contributed by atoms with E-state index >= 15 is 0 Å². The Morgan fingerprint density at radius 3 is 2.21 bits per heavy atom. The predicted octanol–water partition coefficient (Wildman–Crippen LogP) is 6.46. The maximum absolute atomic E-state index is 13.5. The van der Waals surface area contributed by atoms with Gasteiger partial charge in [0.05, 0.1) is 5.56 Å². The van der Waals surface area contributed by atoms with Crippen LogP contribution in [-0.4, -0.2) is 29.9 Å². The lowest BCUT2D eigenvalue weighted by Crippen LogP contribution is -2.47. The predicted molar refractivity (Wildman–Crippen MR) is 124 cm³/mol. The summed E-state index contributed by atoms with van der Waals surface area (Å²) in [7, 11) is 0. The Bertz CT molecular complexity index is 1120. The van der Waals surface area contributed by atoms with E-state index in [1.807, 2.05) is 25.1 Å². The minimum atomic E-state index is -4.34. The number of anilines is 1. The number of carbonyl (C=O) groups is 1. The van der Waals surface area contributed by atoms with Gasteiger partial charge in [-0.3, -0.25) is 9.69 Å². The minimum Gasteiger partial charge on any atom is -0.305 e. The molecule has 4 rings (SSSR count). The molecule has 0 saturated carbocycles. The van der Waals surface area contributed by atoms with Crippen molar-refractivity contribution in [1.82, 2.24) is 4.90 Å². The average Bonchev–Trinajstić information content (AvgIpc) is 2.81. The summed E-state index contributed by atoms with van der Waals surface area (Å²) < 4.78 is 52.0. The Hall–Kier alpha value is -3.19. The maximum Gasteiger partial charge on any atom is 0.416 e. The van der Waals surface area contributed by atoms with Gasteiger partial charge in [0.2, 0.25) is 0 Å². The van der Waals surface area contributed by atoms with Gasteiger partial charge in [0, 0.05) is 36.9 Å². The molecule has 0 aliphatic carbocycles. The summed E-state index contributed by atoms with van der Waals surface area (Å²) in [6.07, 6.45) is -2.93. The Kier molecular flexibility index (Phi) is 7.03. The van der Waals surface area contributed by atoms with Crippen LogP contribution >= 0.6 is 0 Å². The van der Waals surface area contributed by atoms with Crippen LogP contribution < -0.4 is 4.90 Å². The fourth-order valence-electron chi connectivity index (χ4n) is 4.41. The Morgan fingerprint density at radius 1 is 0.971 bits per heavy atom. The molecule has 1 fully saturated rings. The zero-order chi connectivity index (χ0) is 24.3. The zero-order valence-electron chi connectivity index (χ0n) is 18.9. The van der Waals surface area contributed by atoms with Gasteiger partial charge in [-0.15, -0.1) is 0 Å². The number of piperidine rings is 1. The lowest BCUT2D eigenvalue weighted by atomic mass is 9.99. The van der Waals surface area contributed by atoms with Gasteiger partial charge in [-0.2, -0.15) is 13.2 Å². The van der Waals surface area contributed by atoms with Crippen molar-refractivity contribution < 1.29 is 22.4 Å². The van der Waals surface area contributed by atoms with Crippen molar-refractivity contribution in [2.75, 3.05) is 18.0 Å². The molecule has 178 valence electrons. The Labute approximate surface area is 196 Å². The van der Waals surface area contributed by atoms with E-state index in [-0.39, 0.29) is 17.8 Å². The van der Waals surface area contributed by atoms with Crippen molar-refractivity contribution in [3.63, 3.8) is 0 Å². The summed E-state index contributed by atoms with van der Waals surface area (Å²) in [5.41, 5.74) is 2.37. The van der Waals surface area contributed by atoms with Crippen LogP contribution in [-0.2, 0) is 12.7 Å². The van der Waals surface area contributed by atoms with E-state index in [0.29, 0.717) is 43.7 Å². The van der Waals surface area contributed by atoms with Gasteiger partial charge < -0.3 is 4.90 Å². The molecular weight excluding hydrogens is 444 g/mol. The van der Waals surface area contributed by atoms with E-state index in [2.05, 4.69) is 4.90 Å². The van der Waals surface area contributed by atoms with Gasteiger partial charge in [-0.1, -0.05) is 29.8 Å². The van der Waals surface area contributed by atoms with Crippen LogP contribution in [0.4, 0.5) is 23.2 Å². The maximum atomic E-state index is 13.5. The smallest absolute Gasteiger partial charge is 0.305 e. The van der Waals surface area contributed by atoms with Crippen molar-refractivity contribution >= 4 is 11.6 Å². The first-order valence-corrected chi connectivity index (χ1v) is 11.2. The fourth-order valence-corrected chi connectivity index (χ4v) is 4.41. The van der Waals surface area contributed by atoms with Crippen LogP contribution in [0.15, 0.2) is 72.8 Å². The highest BCUT2D eigenvalue weighted by Crippen LogP contribution is 2.30. The number of hydrogen-bond acceptors (Lipinski definition) is 2. The second-order valence-corrected chi connectivity index (χ2v) is 8.72. The van der Waals surface area contributed by atoms with Gasteiger partial charge in [0.25, 0.3) is 5.91 Å². The molecule has 0 bridgehead atoms. The molecule has 0 N–H and O–H groups in total. The number of nitrogens with zero attached hydrogens (tertiary/aromatic N) is 2. The third-order valence-electron chi connectivity index (χ3n) is 6.20. The third-order valence-corrected chi connectivity index (χ3v) is 6.20. The second-order valence-electron chi connectivity index (χ2n) is 8.72. The second kappa shape index (κ2) is 9.97. The van der Waals surface area contributed by atoms with Crippen LogP contribution in [0.3, 0.4) is 0 Å². The van der Waals surface area contributed by atoms with Crippen LogP contribution in [0.1, 0.15) is 39.9 Å². The molecule has 1 aliphatic rings. The minimum absolute atomic E-state index is 0.0673. The number of likely N-dealkylation sites (tertiary alicyclic amines) is 1. The molecule has 0 radical (unpaired) electrons. The van der Waals surface area contributed by atoms with Gasteiger partial charge in [-0.25, -0.2) is 4.39 Å². The molecule has 3 nitrogen and oxygen atoms in total. The van der Waals surface area contributed by atoms with Crippen LogP contribution in [0.25, 0.3) is 0 Å². The zero-order valence-corrected chi connectivity index (χ0v) is 18.9. The summed E-state index contributed by atoms with van der Waals surface area (Å²) in [4.78, 5) is 17.4. The first-order chi connectivity index (χ1) is 16.2. The highest BCUT2D eigenvalue weighted by molar-refractivity contribution is 6.06. The largest absolute Gasteiger partial charge is 0.416 e. The summed E-state index contributed by atoms with van der Waals surface area (Å²) in [6.45, 7) is 3.88. The number of carbonyl (C=O) groups excluding carboxylic acids is 1. The fraction of sp³-hybridized carbons (Fsp3) is 0.296.